The van der Waals surface area contributed by atoms with Crippen LogP contribution in [0.4, 0.5) is 0 Å². The van der Waals surface area contributed by atoms with Crippen LogP contribution < -0.4 is 0 Å². The lowest BCUT2D eigenvalue weighted by Crippen LogP contribution is -1.77. The summed E-state index contributed by atoms with van der Waals surface area (Å²) in [5, 5.41) is 8.51. The fourth-order valence-corrected chi connectivity index (χ4v) is 1.00. The summed E-state index contributed by atoms with van der Waals surface area (Å²) in [5.74, 6) is 5.89. The third kappa shape index (κ3) is 4.49. The van der Waals surface area contributed by atoms with Crippen LogP contribution in [0.25, 0.3) is 6.08 Å². The van der Waals surface area contributed by atoms with Gasteiger partial charge in [0.25, 0.3) is 0 Å². The molecule has 0 spiro atoms. The maximum absolute atomic E-state index is 8.51. The quantitative estimate of drug-likeness (QED) is 0.568. The molecule has 0 fully saturated rings. The van der Waals surface area contributed by atoms with E-state index in [1.54, 1.807) is 0 Å². The molecule has 0 unspecified atom stereocenters. The zero-order chi connectivity index (χ0) is 10.1. The van der Waals surface area contributed by atoms with Crippen molar-refractivity contribution in [1.29, 1.82) is 0 Å². The first-order valence-electron chi connectivity index (χ1n) is 4.74. The number of benzene rings is 1. The van der Waals surface area contributed by atoms with E-state index in [1.165, 1.54) is 0 Å². The van der Waals surface area contributed by atoms with Crippen LogP contribution in [0.1, 0.15) is 18.4 Å². The van der Waals surface area contributed by atoms with Crippen LogP contribution >= 0.6 is 0 Å². The first-order valence-corrected chi connectivity index (χ1v) is 4.74. The molecule has 1 nitrogen and oxygen atoms in total. The SMILES string of the molecule is OCCCC#CC=Cc1ccccc1. The predicted octanol–water partition coefficient (Wildman–Crippen LogP) is 2.48. The molecule has 0 aliphatic heterocycles. The largest absolute Gasteiger partial charge is 0.396 e. The number of unbranched alkanes of at least 4 members (excludes halogenated alkanes) is 1. The van der Waals surface area contributed by atoms with Crippen molar-refractivity contribution in [1.82, 2.24) is 0 Å². The Labute approximate surface area is 85.1 Å². The lowest BCUT2D eigenvalue weighted by atomic mass is 10.2. The van der Waals surface area contributed by atoms with E-state index >= 15 is 0 Å². The molecular weight excluding hydrogens is 172 g/mol. The van der Waals surface area contributed by atoms with Crippen molar-refractivity contribution in [3.8, 4) is 11.8 Å². The van der Waals surface area contributed by atoms with E-state index in [2.05, 4.69) is 11.8 Å². The highest BCUT2D eigenvalue weighted by molar-refractivity contribution is 5.52. The minimum atomic E-state index is 0.219. The number of hydrogen-bond acceptors (Lipinski definition) is 1. The number of allylic oxidation sites excluding steroid dienone is 1. The molecule has 0 aromatic heterocycles. The van der Waals surface area contributed by atoms with E-state index in [9.17, 15) is 0 Å². The van der Waals surface area contributed by atoms with E-state index < -0.39 is 0 Å². The maximum atomic E-state index is 8.51. The van der Waals surface area contributed by atoms with Gasteiger partial charge in [0, 0.05) is 13.0 Å². The van der Waals surface area contributed by atoms with Gasteiger partial charge in [-0.1, -0.05) is 42.2 Å². The van der Waals surface area contributed by atoms with Crippen LogP contribution in [-0.4, -0.2) is 11.7 Å². The zero-order valence-electron chi connectivity index (χ0n) is 8.11. The third-order valence-electron chi connectivity index (χ3n) is 1.72. The molecular formula is C13H14O. The summed E-state index contributed by atoms with van der Waals surface area (Å²) in [4.78, 5) is 0. The second-order valence-electron chi connectivity index (χ2n) is 2.89. The predicted molar refractivity (Wildman–Crippen MR) is 59.6 cm³/mol. The van der Waals surface area contributed by atoms with Crippen molar-refractivity contribution < 1.29 is 5.11 Å². The number of hydrogen-bond donors (Lipinski definition) is 1. The summed E-state index contributed by atoms with van der Waals surface area (Å²) in [6.45, 7) is 0.219. The van der Waals surface area contributed by atoms with Crippen molar-refractivity contribution in [2.24, 2.45) is 0 Å². The van der Waals surface area contributed by atoms with Crippen LogP contribution in [0.5, 0.6) is 0 Å². The molecule has 72 valence electrons. The van der Waals surface area contributed by atoms with Crippen LogP contribution in [0.2, 0.25) is 0 Å². The van der Waals surface area contributed by atoms with E-state index in [0.717, 1.165) is 18.4 Å². The van der Waals surface area contributed by atoms with Crippen molar-refractivity contribution in [3.05, 3.63) is 42.0 Å². The van der Waals surface area contributed by atoms with Gasteiger partial charge in [0.2, 0.25) is 0 Å². The molecule has 0 atom stereocenters. The molecule has 1 N–H and O–H groups in total. The topological polar surface area (TPSA) is 20.2 Å². The molecule has 1 rings (SSSR count). The van der Waals surface area contributed by atoms with E-state index in [-0.39, 0.29) is 6.61 Å². The Bertz CT molecular complexity index is 327. The fraction of sp³-hybridized carbons (Fsp3) is 0.231. The second kappa shape index (κ2) is 6.94. The number of rotatable bonds is 3. The molecule has 0 bridgehead atoms. The number of aliphatic hydroxyl groups is 1. The van der Waals surface area contributed by atoms with Gasteiger partial charge in [0.05, 0.1) is 0 Å². The van der Waals surface area contributed by atoms with Crippen LogP contribution in [-0.2, 0) is 0 Å². The van der Waals surface area contributed by atoms with Gasteiger partial charge in [0.1, 0.15) is 0 Å². The monoisotopic (exact) mass is 186 g/mol. The van der Waals surface area contributed by atoms with Gasteiger partial charge in [-0.25, -0.2) is 0 Å². The summed E-state index contributed by atoms with van der Waals surface area (Å²) in [5.41, 5.74) is 1.16. The van der Waals surface area contributed by atoms with Crippen molar-refractivity contribution in [2.75, 3.05) is 6.61 Å². The maximum Gasteiger partial charge on any atom is 0.0440 e. The Morgan fingerprint density at radius 1 is 1.21 bits per heavy atom. The molecule has 0 heterocycles. The van der Waals surface area contributed by atoms with E-state index in [0.29, 0.717) is 0 Å². The van der Waals surface area contributed by atoms with Crippen LogP contribution in [0.15, 0.2) is 36.4 Å². The highest BCUT2D eigenvalue weighted by Crippen LogP contribution is 1.99. The van der Waals surface area contributed by atoms with E-state index in [4.69, 9.17) is 5.11 Å². The standard InChI is InChI=1S/C13H14O/c14-12-8-3-1-2-5-9-13-10-6-4-7-11-13/h4-7,9-11,14H,3,8,12H2. The smallest absolute Gasteiger partial charge is 0.0440 e. The average molecular weight is 186 g/mol. The Morgan fingerprint density at radius 3 is 2.71 bits per heavy atom. The molecule has 14 heavy (non-hydrogen) atoms. The van der Waals surface area contributed by atoms with Gasteiger partial charge >= 0.3 is 0 Å². The highest BCUT2D eigenvalue weighted by atomic mass is 16.2. The first-order chi connectivity index (χ1) is 6.93. The molecule has 1 aromatic carbocycles. The van der Waals surface area contributed by atoms with E-state index in [1.807, 2.05) is 42.5 Å². The molecule has 1 heteroatoms. The molecule has 0 radical (unpaired) electrons. The lowest BCUT2D eigenvalue weighted by Gasteiger charge is -1.87. The number of aliphatic hydroxyl groups excluding tert-OH is 1. The van der Waals surface area contributed by atoms with Gasteiger partial charge in [0.15, 0.2) is 0 Å². The molecule has 0 saturated carbocycles. The summed E-state index contributed by atoms with van der Waals surface area (Å²) < 4.78 is 0. The normalized spacial score (nSPS) is 9.79. The fourth-order valence-electron chi connectivity index (χ4n) is 1.00. The Balaban J connectivity index is 2.36. The first kappa shape index (κ1) is 10.6. The van der Waals surface area contributed by atoms with Gasteiger partial charge in [-0.2, -0.15) is 0 Å². The Hall–Kier alpha value is -1.52. The minimum Gasteiger partial charge on any atom is -0.396 e. The van der Waals surface area contributed by atoms with Crippen molar-refractivity contribution in [2.45, 2.75) is 12.8 Å². The molecule has 0 aliphatic carbocycles. The van der Waals surface area contributed by atoms with Crippen molar-refractivity contribution >= 4 is 6.08 Å². The third-order valence-corrected chi connectivity index (χ3v) is 1.72. The van der Waals surface area contributed by atoms with Crippen LogP contribution in [0, 0.1) is 11.8 Å². The lowest BCUT2D eigenvalue weighted by molar-refractivity contribution is 0.290. The molecule has 1 aromatic rings. The second-order valence-corrected chi connectivity index (χ2v) is 2.89. The minimum absolute atomic E-state index is 0.219. The van der Waals surface area contributed by atoms with Gasteiger partial charge < -0.3 is 5.11 Å². The molecule has 0 aliphatic rings. The Morgan fingerprint density at radius 2 is 2.00 bits per heavy atom. The molecule has 0 saturated heterocycles. The summed E-state index contributed by atoms with van der Waals surface area (Å²) in [6, 6.07) is 10.1. The summed E-state index contributed by atoms with van der Waals surface area (Å²) >= 11 is 0. The average Bonchev–Trinajstić information content (AvgIpc) is 2.25. The zero-order valence-corrected chi connectivity index (χ0v) is 8.11. The summed E-state index contributed by atoms with van der Waals surface area (Å²) in [7, 11) is 0. The Kier molecular flexibility index (Phi) is 5.23. The van der Waals surface area contributed by atoms with Gasteiger partial charge in [-0.15, -0.1) is 0 Å². The van der Waals surface area contributed by atoms with Gasteiger partial charge in [-0.05, 0) is 24.1 Å². The molecule has 0 amide bonds. The van der Waals surface area contributed by atoms with Crippen molar-refractivity contribution in [3.63, 3.8) is 0 Å². The van der Waals surface area contributed by atoms with Gasteiger partial charge in [-0.3, -0.25) is 0 Å². The highest BCUT2D eigenvalue weighted by Gasteiger charge is 1.79. The van der Waals surface area contributed by atoms with Crippen LogP contribution in [0.3, 0.4) is 0 Å². The summed E-state index contributed by atoms with van der Waals surface area (Å²) in [6.07, 6.45) is 5.33.